The molecule has 1 unspecified atom stereocenters. The third-order valence-electron chi connectivity index (χ3n) is 4.75. The third kappa shape index (κ3) is 5.54. The predicted octanol–water partition coefficient (Wildman–Crippen LogP) is 1.84. The second kappa shape index (κ2) is 9.54. The minimum atomic E-state index is -4.33. The minimum Gasteiger partial charge on any atom is -0.394 e. The summed E-state index contributed by atoms with van der Waals surface area (Å²) in [7, 11) is -4.33. The largest absolute Gasteiger partial charge is 0.394 e. The molecular formula is C17H28ClN4O7P. The van der Waals surface area contributed by atoms with Gasteiger partial charge in [0.2, 0.25) is 0 Å². The molecule has 0 radical (unpaired) electrons. The maximum Gasteiger partial charge on any atom is 0.359 e. The SMILES string of the molecule is CC[C@](C)(O)P(=O)(O)OC(C)(C)CCO[C@H]([C@H](O)CO)n1cnc2c(Cl)ncnc21. The van der Waals surface area contributed by atoms with Gasteiger partial charge in [-0.05, 0) is 33.6 Å². The molecular weight excluding hydrogens is 439 g/mol. The van der Waals surface area contributed by atoms with E-state index in [1.807, 2.05) is 0 Å². The summed E-state index contributed by atoms with van der Waals surface area (Å²) in [5.41, 5.74) is -0.507. The molecule has 13 heteroatoms. The molecule has 2 aromatic rings. The van der Waals surface area contributed by atoms with Crippen molar-refractivity contribution in [1.82, 2.24) is 19.5 Å². The molecule has 0 amide bonds. The minimum absolute atomic E-state index is 0.0124. The van der Waals surface area contributed by atoms with Crippen molar-refractivity contribution in [3.63, 3.8) is 0 Å². The molecule has 2 rings (SSSR count). The maximum atomic E-state index is 12.4. The van der Waals surface area contributed by atoms with Crippen LogP contribution in [0.2, 0.25) is 5.15 Å². The number of hydrogen-bond donors (Lipinski definition) is 4. The van der Waals surface area contributed by atoms with Gasteiger partial charge in [-0.3, -0.25) is 9.13 Å². The van der Waals surface area contributed by atoms with Gasteiger partial charge in [0.1, 0.15) is 17.9 Å². The zero-order valence-corrected chi connectivity index (χ0v) is 18.9. The van der Waals surface area contributed by atoms with Crippen LogP contribution in [0.25, 0.3) is 11.2 Å². The van der Waals surface area contributed by atoms with Crippen LogP contribution in [0, 0.1) is 0 Å². The monoisotopic (exact) mass is 466 g/mol. The number of rotatable bonds is 11. The summed E-state index contributed by atoms with van der Waals surface area (Å²) >= 11 is 6.00. The summed E-state index contributed by atoms with van der Waals surface area (Å²) in [6, 6.07) is 0. The Bertz CT molecular complexity index is 907. The van der Waals surface area contributed by atoms with Gasteiger partial charge in [-0.25, -0.2) is 15.0 Å². The van der Waals surface area contributed by atoms with Gasteiger partial charge in [0.15, 0.2) is 22.4 Å². The summed E-state index contributed by atoms with van der Waals surface area (Å²) in [5, 5.41) is 28.0. The van der Waals surface area contributed by atoms with Crippen LogP contribution < -0.4 is 0 Å². The highest BCUT2D eigenvalue weighted by molar-refractivity contribution is 7.54. The molecule has 2 aromatic heterocycles. The van der Waals surface area contributed by atoms with E-state index in [1.165, 1.54) is 24.1 Å². The fourth-order valence-electron chi connectivity index (χ4n) is 2.58. The molecule has 0 aliphatic carbocycles. The number of imidazole rings is 1. The lowest BCUT2D eigenvalue weighted by atomic mass is 10.1. The smallest absolute Gasteiger partial charge is 0.359 e. The first-order chi connectivity index (χ1) is 13.8. The van der Waals surface area contributed by atoms with E-state index in [1.54, 1.807) is 20.8 Å². The van der Waals surface area contributed by atoms with Crippen molar-refractivity contribution in [1.29, 1.82) is 0 Å². The van der Waals surface area contributed by atoms with Crippen molar-refractivity contribution in [2.45, 2.75) is 63.8 Å². The molecule has 0 saturated heterocycles. The predicted molar refractivity (Wildman–Crippen MR) is 109 cm³/mol. The topological polar surface area (TPSA) is 160 Å². The molecule has 0 spiro atoms. The van der Waals surface area contributed by atoms with E-state index >= 15 is 0 Å². The van der Waals surface area contributed by atoms with Gasteiger partial charge in [0.25, 0.3) is 0 Å². The zero-order chi connectivity index (χ0) is 22.7. The first-order valence-corrected chi connectivity index (χ1v) is 11.3. The van der Waals surface area contributed by atoms with E-state index in [0.717, 1.165) is 0 Å². The molecule has 0 aliphatic heterocycles. The van der Waals surface area contributed by atoms with Gasteiger partial charge in [-0.15, -0.1) is 0 Å². The first-order valence-electron chi connectivity index (χ1n) is 9.35. The Hall–Kier alpha value is -1.17. The Kier molecular flexibility index (Phi) is 7.98. The number of fused-ring (bicyclic) bond motifs is 1. The van der Waals surface area contributed by atoms with Crippen LogP contribution in [0.5, 0.6) is 0 Å². The third-order valence-corrected chi connectivity index (χ3v) is 7.30. The van der Waals surface area contributed by atoms with Gasteiger partial charge in [0.05, 0.1) is 25.1 Å². The van der Waals surface area contributed by atoms with E-state index in [0.29, 0.717) is 11.2 Å². The highest BCUT2D eigenvalue weighted by atomic mass is 35.5. The second-order valence-corrected chi connectivity index (χ2v) is 10.2. The van der Waals surface area contributed by atoms with Gasteiger partial charge in [0, 0.05) is 0 Å². The van der Waals surface area contributed by atoms with Crippen molar-refractivity contribution in [3.8, 4) is 0 Å². The summed E-state index contributed by atoms with van der Waals surface area (Å²) in [4.78, 5) is 22.2. The molecule has 2 heterocycles. The lowest BCUT2D eigenvalue weighted by molar-refractivity contribution is -0.105. The van der Waals surface area contributed by atoms with Crippen molar-refractivity contribution >= 4 is 30.4 Å². The number of nitrogens with zero attached hydrogens (tertiary/aromatic N) is 4. The molecule has 0 bridgehead atoms. The van der Waals surface area contributed by atoms with Crippen molar-refractivity contribution in [2.24, 2.45) is 0 Å². The number of ether oxygens (including phenoxy) is 1. The van der Waals surface area contributed by atoms with Crippen LogP contribution in [0.1, 0.15) is 46.8 Å². The lowest BCUT2D eigenvalue weighted by Crippen LogP contribution is -2.34. The van der Waals surface area contributed by atoms with E-state index in [-0.39, 0.29) is 24.6 Å². The molecule has 0 aliphatic rings. The Labute approximate surface area is 179 Å². The normalized spacial score (nSPS) is 18.7. The Balaban J connectivity index is 2.13. The summed E-state index contributed by atoms with van der Waals surface area (Å²) < 4.78 is 24.9. The van der Waals surface area contributed by atoms with E-state index in [4.69, 9.17) is 20.9 Å². The standard InChI is InChI=1S/C17H28ClN4O7P/c1-5-17(4,25)30(26,27)29-16(2,3)6-7-28-15(11(24)8-23)22-10-21-12-13(18)19-9-20-14(12)22/h9-11,15,23-25H,5-8H2,1-4H3,(H,26,27)/t11-,15-,17-/m1/s1. The fraction of sp³-hybridized carbons (Fsp3) is 0.706. The molecule has 0 fully saturated rings. The molecule has 4 N–H and O–H groups in total. The quantitative estimate of drug-likeness (QED) is 0.284. The number of hydrogen-bond acceptors (Lipinski definition) is 9. The molecule has 0 aromatic carbocycles. The highest BCUT2D eigenvalue weighted by Gasteiger charge is 2.45. The molecule has 4 atom stereocenters. The van der Waals surface area contributed by atoms with Gasteiger partial charge >= 0.3 is 7.60 Å². The lowest BCUT2D eigenvalue weighted by Gasteiger charge is -2.34. The Morgan fingerprint density at radius 2 is 1.97 bits per heavy atom. The summed E-state index contributed by atoms with van der Waals surface area (Å²) in [5.74, 6) is 0. The summed E-state index contributed by atoms with van der Waals surface area (Å²) in [6.45, 7) is 5.39. The number of halogens is 1. The Morgan fingerprint density at radius 1 is 1.30 bits per heavy atom. The average molecular weight is 467 g/mol. The first kappa shape index (κ1) is 25.1. The Morgan fingerprint density at radius 3 is 2.57 bits per heavy atom. The number of aromatic nitrogens is 4. The molecule has 30 heavy (non-hydrogen) atoms. The number of aliphatic hydroxyl groups is 3. The zero-order valence-electron chi connectivity index (χ0n) is 17.3. The number of aliphatic hydroxyl groups excluding tert-OH is 2. The molecule has 11 nitrogen and oxygen atoms in total. The second-order valence-electron chi connectivity index (χ2n) is 7.69. The van der Waals surface area contributed by atoms with Crippen LogP contribution in [0.4, 0.5) is 0 Å². The summed E-state index contributed by atoms with van der Waals surface area (Å²) in [6.07, 6.45) is 0.425. The van der Waals surface area contributed by atoms with E-state index in [9.17, 15) is 24.8 Å². The molecule has 170 valence electrons. The van der Waals surface area contributed by atoms with Gasteiger partial charge in [-0.1, -0.05) is 18.5 Å². The van der Waals surface area contributed by atoms with Crippen LogP contribution in [-0.4, -0.2) is 70.0 Å². The van der Waals surface area contributed by atoms with Crippen molar-refractivity contribution in [3.05, 3.63) is 17.8 Å². The average Bonchev–Trinajstić information content (AvgIpc) is 3.08. The fourth-order valence-corrected chi connectivity index (χ4v) is 4.12. The van der Waals surface area contributed by atoms with Gasteiger partial charge < -0.3 is 29.5 Å². The van der Waals surface area contributed by atoms with Gasteiger partial charge in [-0.2, -0.15) is 0 Å². The van der Waals surface area contributed by atoms with Crippen LogP contribution in [0.3, 0.4) is 0 Å². The molecule has 0 saturated carbocycles. The van der Waals surface area contributed by atoms with Crippen molar-refractivity contribution < 1.29 is 34.0 Å². The van der Waals surface area contributed by atoms with Crippen LogP contribution in [0.15, 0.2) is 12.7 Å². The van der Waals surface area contributed by atoms with E-state index in [2.05, 4.69) is 15.0 Å². The van der Waals surface area contributed by atoms with Crippen LogP contribution in [-0.2, 0) is 13.8 Å². The maximum absolute atomic E-state index is 12.4. The van der Waals surface area contributed by atoms with E-state index < -0.39 is 37.5 Å². The van der Waals surface area contributed by atoms with Crippen molar-refractivity contribution in [2.75, 3.05) is 13.2 Å². The highest BCUT2D eigenvalue weighted by Crippen LogP contribution is 2.58. The van der Waals surface area contributed by atoms with Crippen LogP contribution >= 0.6 is 19.2 Å².